The first-order valence-corrected chi connectivity index (χ1v) is 6.02. The molecule has 1 aliphatic heterocycles. The molecule has 0 saturated carbocycles. The largest absolute Gasteiger partial charge is 0.316 e. The van der Waals surface area contributed by atoms with Crippen LogP contribution >= 0.6 is 0 Å². The van der Waals surface area contributed by atoms with Gasteiger partial charge in [-0.05, 0) is 25.6 Å². The second-order valence-electron chi connectivity index (χ2n) is 4.40. The summed E-state index contributed by atoms with van der Waals surface area (Å²) in [5.41, 5.74) is 1.29. The molecule has 1 rings (SSSR count). The lowest BCUT2D eigenvalue weighted by Gasteiger charge is -2.34. The number of likely N-dealkylation sites (N-methyl/N-ethyl adjacent to an activating group) is 1. The first-order chi connectivity index (χ1) is 7.26. The number of rotatable bonds is 6. The summed E-state index contributed by atoms with van der Waals surface area (Å²) < 4.78 is 0. The van der Waals surface area contributed by atoms with Gasteiger partial charge in [0.25, 0.3) is 0 Å². The molecule has 0 radical (unpaired) electrons. The van der Waals surface area contributed by atoms with Crippen LogP contribution in [0.3, 0.4) is 0 Å². The van der Waals surface area contributed by atoms with Gasteiger partial charge < -0.3 is 10.2 Å². The van der Waals surface area contributed by atoms with Gasteiger partial charge in [-0.15, -0.1) is 0 Å². The van der Waals surface area contributed by atoms with E-state index in [2.05, 4.69) is 28.6 Å². The lowest BCUT2D eigenvalue weighted by Crippen LogP contribution is -2.47. The van der Waals surface area contributed by atoms with Gasteiger partial charge >= 0.3 is 0 Å². The molecule has 0 aromatic heterocycles. The fourth-order valence-corrected chi connectivity index (χ4v) is 2.11. The average molecular weight is 211 g/mol. The lowest BCUT2D eigenvalue weighted by atomic mass is 10.2. The molecule has 0 aromatic rings. The molecule has 3 nitrogen and oxygen atoms in total. The minimum atomic E-state index is 0.940. The van der Waals surface area contributed by atoms with Gasteiger partial charge in [-0.2, -0.15) is 0 Å². The molecule has 88 valence electrons. The van der Waals surface area contributed by atoms with Gasteiger partial charge in [0.1, 0.15) is 0 Å². The summed E-state index contributed by atoms with van der Waals surface area (Å²) in [4.78, 5) is 5.06. The van der Waals surface area contributed by atoms with Crippen molar-refractivity contribution in [2.45, 2.75) is 13.3 Å². The van der Waals surface area contributed by atoms with Crippen LogP contribution in [0.1, 0.15) is 13.3 Å². The highest BCUT2D eigenvalue weighted by Crippen LogP contribution is 2.04. The summed E-state index contributed by atoms with van der Waals surface area (Å²) in [7, 11) is 1.98. The Bertz CT molecular complexity index is 183. The molecule has 1 saturated heterocycles. The molecule has 0 bridgehead atoms. The molecule has 3 heteroatoms. The standard InChI is InChI=1S/C12H25N3/c1-4-5-14-6-8-15(9-7-14)11-12(2)10-13-3/h13H,2,4-11H2,1,3H3. The first kappa shape index (κ1) is 12.7. The van der Waals surface area contributed by atoms with Crippen molar-refractivity contribution in [2.24, 2.45) is 0 Å². The van der Waals surface area contributed by atoms with Crippen LogP contribution in [0.5, 0.6) is 0 Å². The molecule has 0 atom stereocenters. The van der Waals surface area contributed by atoms with E-state index in [9.17, 15) is 0 Å². The Balaban J connectivity index is 2.16. The third-order valence-corrected chi connectivity index (χ3v) is 2.88. The van der Waals surface area contributed by atoms with Crippen molar-refractivity contribution in [3.8, 4) is 0 Å². The van der Waals surface area contributed by atoms with Gasteiger partial charge in [-0.25, -0.2) is 0 Å². The lowest BCUT2D eigenvalue weighted by molar-refractivity contribution is 0.140. The Morgan fingerprint density at radius 3 is 2.33 bits per heavy atom. The molecule has 1 fully saturated rings. The predicted octanol–water partition coefficient (Wildman–Crippen LogP) is 0.790. The summed E-state index contributed by atoms with van der Waals surface area (Å²) in [6.45, 7) is 14.4. The van der Waals surface area contributed by atoms with Gasteiger partial charge in [0, 0.05) is 39.3 Å². The molecule has 0 spiro atoms. The third kappa shape index (κ3) is 4.78. The minimum Gasteiger partial charge on any atom is -0.316 e. The van der Waals surface area contributed by atoms with Crippen LogP contribution in [-0.2, 0) is 0 Å². The Morgan fingerprint density at radius 2 is 1.80 bits per heavy atom. The fraction of sp³-hybridized carbons (Fsp3) is 0.833. The topological polar surface area (TPSA) is 18.5 Å². The molecule has 1 N–H and O–H groups in total. The van der Waals surface area contributed by atoms with Crippen LogP contribution in [0, 0.1) is 0 Å². The van der Waals surface area contributed by atoms with E-state index in [1.807, 2.05) is 7.05 Å². The van der Waals surface area contributed by atoms with Crippen LogP contribution in [0.4, 0.5) is 0 Å². The highest BCUT2D eigenvalue weighted by molar-refractivity contribution is 5.00. The van der Waals surface area contributed by atoms with Crippen molar-refractivity contribution in [3.05, 3.63) is 12.2 Å². The van der Waals surface area contributed by atoms with Gasteiger partial charge in [0.2, 0.25) is 0 Å². The Labute approximate surface area is 94.1 Å². The number of piperazine rings is 1. The number of nitrogens with zero attached hydrogens (tertiary/aromatic N) is 2. The highest BCUT2D eigenvalue weighted by Gasteiger charge is 2.15. The predicted molar refractivity (Wildman–Crippen MR) is 66.2 cm³/mol. The number of hydrogen-bond donors (Lipinski definition) is 1. The van der Waals surface area contributed by atoms with E-state index in [4.69, 9.17) is 0 Å². The summed E-state index contributed by atoms with van der Waals surface area (Å²) in [5.74, 6) is 0. The molecule has 0 aliphatic carbocycles. The van der Waals surface area contributed by atoms with E-state index in [-0.39, 0.29) is 0 Å². The van der Waals surface area contributed by atoms with Gasteiger partial charge in [-0.1, -0.05) is 13.5 Å². The zero-order valence-electron chi connectivity index (χ0n) is 10.3. The maximum Gasteiger partial charge on any atom is 0.0203 e. The molecule has 0 aromatic carbocycles. The van der Waals surface area contributed by atoms with Crippen LogP contribution in [-0.4, -0.2) is 62.7 Å². The number of nitrogens with one attached hydrogen (secondary N) is 1. The van der Waals surface area contributed by atoms with E-state index in [0.717, 1.165) is 13.1 Å². The van der Waals surface area contributed by atoms with E-state index in [1.54, 1.807) is 0 Å². The van der Waals surface area contributed by atoms with Gasteiger partial charge in [0.15, 0.2) is 0 Å². The maximum absolute atomic E-state index is 4.08. The summed E-state index contributed by atoms with van der Waals surface area (Å²) >= 11 is 0. The van der Waals surface area contributed by atoms with Crippen molar-refractivity contribution in [1.82, 2.24) is 15.1 Å². The van der Waals surface area contributed by atoms with E-state index >= 15 is 0 Å². The van der Waals surface area contributed by atoms with Crippen LogP contribution < -0.4 is 5.32 Å². The Morgan fingerprint density at radius 1 is 1.20 bits per heavy atom. The fourth-order valence-electron chi connectivity index (χ4n) is 2.11. The zero-order chi connectivity index (χ0) is 11.1. The SMILES string of the molecule is C=C(CNC)CN1CCN(CCC)CC1. The number of hydrogen-bond acceptors (Lipinski definition) is 3. The first-order valence-electron chi connectivity index (χ1n) is 6.02. The second kappa shape index (κ2) is 6.99. The highest BCUT2D eigenvalue weighted by atomic mass is 15.3. The molecule has 1 aliphatic rings. The molecular weight excluding hydrogens is 186 g/mol. The van der Waals surface area contributed by atoms with E-state index < -0.39 is 0 Å². The normalized spacial score (nSPS) is 19.3. The quantitative estimate of drug-likeness (QED) is 0.655. The minimum absolute atomic E-state index is 0.940. The Hall–Kier alpha value is -0.380. The summed E-state index contributed by atoms with van der Waals surface area (Å²) in [5, 5.41) is 3.15. The van der Waals surface area contributed by atoms with Crippen LogP contribution in [0.15, 0.2) is 12.2 Å². The van der Waals surface area contributed by atoms with Crippen molar-refractivity contribution < 1.29 is 0 Å². The molecule has 1 heterocycles. The summed E-state index contributed by atoms with van der Waals surface area (Å²) in [6.07, 6.45) is 1.27. The maximum atomic E-state index is 4.08. The van der Waals surface area contributed by atoms with Crippen LogP contribution in [0.2, 0.25) is 0 Å². The van der Waals surface area contributed by atoms with Crippen molar-refractivity contribution >= 4 is 0 Å². The molecular formula is C12H25N3. The Kier molecular flexibility index (Phi) is 5.91. The smallest absolute Gasteiger partial charge is 0.0203 e. The van der Waals surface area contributed by atoms with E-state index in [0.29, 0.717) is 0 Å². The van der Waals surface area contributed by atoms with E-state index in [1.165, 1.54) is 44.7 Å². The molecule has 0 amide bonds. The average Bonchev–Trinajstić information content (AvgIpc) is 2.22. The molecule has 0 unspecified atom stereocenters. The summed E-state index contributed by atoms with van der Waals surface area (Å²) in [6, 6.07) is 0. The van der Waals surface area contributed by atoms with Crippen molar-refractivity contribution in [3.63, 3.8) is 0 Å². The zero-order valence-corrected chi connectivity index (χ0v) is 10.3. The monoisotopic (exact) mass is 211 g/mol. The van der Waals surface area contributed by atoms with Crippen molar-refractivity contribution in [2.75, 3.05) is 52.9 Å². The third-order valence-electron chi connectivity index (χ3n) is 2.88. The van der Waals surface area contributed by atoms with Crippen LogP contribution in [0.25, 0.3) is 0 Å². The van der Waals surface area contributed by atoms with Gasteiger partial charge in [0.05, 0.1) is 0 Å². The van der Waals surface area contributed by atoms with Crippen molar-refractivity contribution in [1.29, 1.82) is 0 Å². The molecule has 15 heavy (non-hydrogen) atoms. The second-order valence-corrected chi connectivity index (χ2v) is 4.40. The van der Waals surface area contributed by atoms with Gasteiger partial charge in [-0.3, -0.25) is 4.90 Å².